The molecule has 1 N–H and O–H groups in total. The van der Waals surface area contributed by atoms with E-state index in [-0.39, 0.29) is 5.91 Å². The van der Waals surface area contributed by atoms with Gasteiger partial charge >= 0.3 is 0 Å². The molecule has 4 aromatic rings. The van der Waals surface area contributed by atoms with Crippen molar-refractivity contribution in [1.29, 1.82) is 0 Å². The molecule has 2 aromatic carbocycles. The van der Waals surface area contributed by atoms with Crippen molar-refractivity contribution >= 4 is 45.9 Å². The van der Waals surface area contributed by atoms with Crippen molar-refractivity contribution in [2.45, 2.75) is 17.6 Å². The number of fused-ring (bicyclic) bond motifs is 1. The van der Waals surface area contributed by atoms with Crippen molar-refractivity contribution in [3.8, 4) is 0 Å². The fraction of sp³-hybridized carbons (Fsp3) is 0.100. The summed E-state index contributed by atoms with van der Waals surface area (Å²) in [6.07, 6.45) is 1.68. The number of aryl methyl sites for hydroxylation is 1. The summed E-state index contributed by atoms with van der Waals surface area (Å²) in [4.78, 5) is 22.3. The molecule has 6 nitrogen and oxygen atoms in total. The van der Waals surface area contributed by atoms with Crippen LogP contribution >= 0.6 is 23.4 Å². The molecule has 2 heterocycles. The lowest BCUT2D eigenvalue weighted by atomic mass is 10.1. The number of pyridine rings is 1. The van der Waals surface area contributed by atoms with E-state index in [1.54, 1.807) is 25.3 Å². The van der Waals surface area contributed by atoms with Gasteiger partial charge in [-0.3, -0.25) is 9.78 Å². The van der Waals surface area contributed by atoms with Crippen LogP contribution in [-0.4, -0.2) is 21.0 Å². The second-order valence-electron chi connectivity index (χ2n) is 6.00. The summed E-state index contributed by atoms with van der Waals surface area (Å²) >= 11 is 7.66. The largest absolute Gasteiger partial charge is 0.338 e. The number of hydrogen-bond acceptors (Lipinski definition) is 6. The number of carbonyl (C=O) groups excluding carboxylic acids is 1. The molecule has 140 valence electrons. The normalized spacial score (nSPS) is 10.9. The summed E-state index contributed by atoms with van der Waals surface area (Å²) in [6, 6.07) is 14.6. The molecule has 4 rings (SSSR count). The molecule has 28 heavy (non-hydrogen) atoms. The maximum Gasteiger partial charge on any atom is 0.256 e. The monoisotopic (exact) mass is 410 g/mol. The molecule has 0 aliphatic carbocycles. The van der Waals surface area contributed by atoms with E-state index in [1.807, 2.05) is 36.4 Å². The first-order valence-electron chi connectivity index (χ1n) is 8.47. The van der Waals surface area contributed by atoms with Gasteiger partial charge in [-0.05, 0) is 37.3 Å². The van der Waals surface area contributed by atoms with Gasteiger partial charge in [-0.2, -0.15) is 4.98 Å². The van der Waals surface area contributed by atoms with Gasteiger partial charge in [0.15, 0.2) is 5.82 Å². The highest BCUT2D eigenvalue weighted by Crippen LogP contribution is 2.29. The van der Waals surface area contributed by atoms with Gasteiger partial charge in [0, 0.05) is 21.5 Å². The summed E-state index contributed by atoms with van der Waals surface area (Å²) in [5, 5.41) is 8.11. The third kappa shape index (κ3) is 4.00. The van der Waals surface area contributed by atoms with Gasteiger partial charge < -0.3 is 9.84 Å². The molecule has 0 radical (unpaired) electrons. The quantitative estimate of drug-likeness (QED) is 0.459. The molecule has 0 atom stereocenters. The first-order valence-corrected chi connectivity index (χ1v) is 9.83. The second-order valence-corrected chi connectivity index (χ2v) is 7.46. The Bertz CT molecular complexity index is 1160. The number of rotatable bonds is 5. The molecule has 0 saturated carbocycles. The van der Waals surface area contributed by atoms with Crippen LogP contribution in [0.25, 0.3) is 10.9 Å². The number of carbonyl (C=O) groups is 1. The summed E-state index contributed by atoms with van der Waals surface area (Å²) in [5.74, 6) is 1.34. The van der Waals surface area contributed by atoms with Crippen LogP contribution in [0, 0.1) is 6.92 Å². The lowest BCUT2D eigenvalue weighted by molar-refractivity contribution is 0.102. The minimum absolute atomic E-state index is 0.237. The van der Waals surface area contributed by atoms with Crippen molar-refractivity contribution in [2.24, 2.45) is 0 Å². The minimum Gasteiger partial charge on any atom is -0.338 e. The Morgan fingerprint density at radius 2 is 2.07 bits per heavy atom. The van der Waals surface area contributed by atoms with E-state index in [2.05, 4.69) is 20.4 Å². The molecule has 0 bridgehead atoms. The maximum atomic E-state index is 13.0. The molecular formula is C20H15ClN4O2S. The van der Waals surface area contributed by atoms with Crippen molar-refractivity contribution in [3.63, 3.8) is 0 Å². The average molecular weight is 411 g/mol. The van der Waals surface area contributed by atoms with Gasteiger partial charge in [0.2, 0.25) is 5.89 Å². The number of aromatic nitrogens is 3. The smallest absolute Gasteiger partial charge is 0.256 e. The van der Waals surface area contributed by atoms with E-state index in [9.17, 15) is 4.79 Å². The number of nitrogens with one attached hydrogen (secondary N) is 1. The lowest BCUT2D eigenvalue weighted by Gasteiger charge is -2.11. The second kappa shape index (κ2) is 8.00. The summed E-state index contributed by atoms with van der Waals surface area (Å²) in [7, 11) is 0. The van der Waals surface area contributed by atoms with Gasteiger partial charge in [-0.1, -0.05) is 35.0 Å². The number of anilines is 1. The Labute approximate surface area is 170 Å². The summed E-state index contributed by atoms with van der Waals surface area (Å²) in [5.41, 5.74) is 1.81. The van der Waals surface area contributed by atoms with Crippen LogP contribution in [0.2, 0.25) is 5.02 Å². The molecule has 2 aromatic heterocycles. The molecule has 8 heteroatoms. The molecule has 0 fully saturated rings. The molecule has 0 aliphatic rings. The third-order valence-electron chi connectivity index (χ3n) is 3.97. The Kier molecular flexibility index (Phi) is 5.27. The minimum atomic E-state index is -0.237. The summed E-state index contributed by atoms with van der Waals surface area (Å²) in [6.45, 7) is 1.77. The van der Waals surface area contributed by atoms with E-state index in [1.165, 1.54) is 11.8 Å². The van der Waals surface area contributed by atoms with E-state index in [0.717, 1.165) is 10.3 Å². The lowest BCUT2D eigenvalue weighted by Crippen LogP contribution is -2.13. The fourth-order valence-corrected chi connectivity index (χ4v) is 3.87. The molecular weight excluding hydrogens is 396 g/mol. The molecule has 0 aliphatic heterocycles. The SMILES string of the molecule is Cc1noc(CSc2ccccc2C(=O)Nc2cc(Cl)cc3cccnc23)n1. The zero-order chi connectivity index (χ0) is 19.5. The molecule has 0 unspecified atom stereocenters. The number of nitrogens with zero attached hydrogens (tertiary/aromatic N) is 3. The Morgan fingerprint density at radius 3 is 2.89 bits per heavy atom. The summed E-state index contributed by atoms with van der Waals surface area (Å²) < 4.78 is 5.14. The van der Waals surface area contributed by atoms with Gasteiger partial charge in [0.25, 0.3) is 5.91 Å². The highest BCUT2D eigenvalue weighted by molar-refractivity contribution is 7.98. The topological polar surface area (TPSA) is 80.9 Å². The average Bonchev–Trinajstić information content (AvgIpc) is 3.11. The van der Waals surface area contributed by atoms with E-state index >= 15 is 0 Å². The van der Waals surface area contributed by atoms with Gasteiger partial charge in [-0.15, -0.1) is 11.8 Å². The zero-order valence-electron chi connectivity index (χ0n) is 14.8. The van der Waals surface area contributed by atoms with Gasteiger partial charge in [0.05, 0.1) is 22.5 Å². The van der Waals surface area contributed by atoms with Crippen LogP contribution < -0.4 is 5.32 Å². The van der Waals surface area contributed by atoms with E-state index < -0.39 is 0 Å². The van der Waals surface area contributed by atoms with Crippen LogP contribution in [0.5, 0.6) is 0 Å². The van der Waals surface area contributed by atoms with Gasteiger partial charge in [0.1, 0.15) is 0 Å². The number of hydrogen-bond donors (Lipinski definition) is 1. The number of benzene rings is 2. The van der Waals surface area contributed by atoms with Crippen LogP contribution in [0.1, 0.15) is 22.1 Å². The molecule has 0 saturated heterocycles. The molecule has 0 spiro atoms. The van der Waals surface area contributed by atoms with E-state index in [4.69, 9.17) is 16.1 Å². The Hall–Kier alpha value is -2.90. The first-order chi connectivity index (χ1) is 13.6. The van der Waals surface area contributed by atoms with Gasteiger partial charge in [-0.25, -0.2) is 0 Å². The van der Waals surface area contributed by atoms with Crippen molar-refractivity contribution < 1.29 is 9.32 Å². The fourth-order valence-electron chi connectivity index (χ4n) is 2.76. The van der Waals surface area contributed by atoms with Crippen molar-refractivity contribution in [2.75, 3.05) is 5.32 Å². The highest BCUT2D eigenvalue weighted by atomic mass is 35.5. The van der Waals surface area contributed by atoms with Crippen molar-refractivity contribution in [1.82, 2.24) is 15.1 Å². The predicted molar refractivity (Wildman–Crippen MR) is 110 cm³/mol. The number of halogens is 1. The van der Waals surface area contributed by atoms with Crippen LogP contribution in [0.3, 0.4) is 0 Å². The predicted octanol–water partition coefficient (Wildman–Crippen LogP) is 5.12. The van der Waals surface area contributed by atoms with Crippen LogP contribution in [-0.2, 0) is 5.75 Å². The zero-order valence-corrected chi connectivity index (χ0v) is 16.4. The Morgan fingerprint density at radius 1 is 1.21 bits per heavy atom. The highest BCUT2D eigenvalue weighted by Gasteiger charge is 2.15. The molecule has 1 amide bonds. The van der Waals surface area contributed by atoms with Crippen molar-refractivity contribution in [3.05, 3.63) is 77.0 Å². The standard InChI is InChI=1S/C20H15ClN4O2S/c1-12-23-18(27-25-12)11-28-17-7-3-2-6-15(17)20(26)24-16-10-14(21)9-13-5-4-8-22-19(13)16/h2-10H,11H2,1H3,(H,24,26). The number of amides is 1. The van der Waals surface area contributed by atoms with Crippen LogP contribution in [0.4, 0.5) is 5.69 Å². The van der Waals surface area contributed by atoms with Crippen LogP contribution in [0.15, 0.2) is 64.1 Å². The maximum absolute atomic E-state index is 13.0. The first kappa shape index (κ1) is 18.5. The number of thioether (sulfide) groups is 1. The third-order valence-corrected chi connectivity index (χ3v) is 5.25. The van der Waals surface area contributed by atoms with E-state index in [0.29, 0.717) is 39.3 Å². The Balaban J connectivity index is 1.59.